The lowest BCUT2D eigenvalue weighted by Crippen LogP contribution is -2.40. The van der Waals surface area contributed by atoms with Gasteiger partial charge in [0.15, 0.2) is 11.8 Å². The molecule has 1 aromatic heterocycles. The van der Waals surface area contributed by atoms with E-state index in [1.807, 2.05) is 4.57 Å². The van der Waals surface area contributed by atoms with Crippen molar-refractivity contribution in [1.29, 1.82) is 0 Å². The summed E-state index contributed by atoms with van der Waals surface area (Å²) in [5.41, 5.74) is 0. The zero-order valence-electron chi connectivity index (χ0n) is 14.4. The molecule has 0 bridgehead atoms. The van der Waals surface area contributed by atoms with E-state index in [9.17, 15) is 0 Å². The molecule has 2 heterocycles. The first-order valence-electron chi connectivity index (χ1n) is 8.53. The molecule has 0 amide bonds. The highest BCUT2D eigenvalue weighted by molar-refractivity contribution is 5.80. The van der Waals surface area contributed by atoms with E-state index in [1.54, 1.807) is 6.33 Å². The van der Waals surface area contributed by atoms with Crippen molar-refractivity contribution in [3.8, 4) is 0 Å². The number of likely N-dealkylation sites (tertiary alicyclic amines) is 1. The minimum Gasteiger partial charge on any atom is -0.357 e. The molecule has 1 fully saturated rings. The molecule has 0 aromatic carbocycles. The summed E-state index contributed by atoms with van der Waals surface area (Å²) in [4.78, 5) is 7.16. The number of aromatic nitrogens is 3. The molecule has 6 nitrogen and oxygen atoms in total. The van der Waals surface area contributed by atoms with E-state index >= 15 is 0 Å². The van der Waals surface area contributed by atoms with Gasteiger partial charge in [-0.2, -0.15) is 0 Å². The first-order valence-corrected chi connectivity index (χ1v) is 8.53. The van der Waals surface area contributed by atoms with Crippen LogP contribution in [0.2, 0.25) is 0 Å². The maximum Gasteiger partial charge on any atom is 0.194 e. The van der Waals surface area contributed by atoms with Gasteiger partial charge in [0.05, 0.1) is 0 Å². The van der Waals surface area contributed by atoms with E-state index in [-0.39, 0.29) is 0 Å². The average molecular weight is 306 g/mol. The molecule has 22 heavy (non-hydrogen) atoms. The number of nitrogens with one attached hydrogen (secondary N) is 1. The summed E-state index contributed by atoms with van der Waals surface area (Å²) in [6.07, 6.45) is 4.35. The van der Waals surface area contributed by atoms with Gasteiger partial charge in [0.2, 0.25) is 0 Å². The molecule has 1 aromatic rings. The van der Waals surface area contributed by atoms with Crippen LogP contribution < -0.4 is 5.32 Å². The molecule has 1 aliphatic rings. The molecule has 1 saturated heterocycles. The largest absolute Gasteiger partial charge is 0.357 e. The Bertz CT molecular complexity index is 479. The van der Waals surface area contributed by atoms with E-state index in [1.165, 1.54) is 12.8 Å². The van der Waals surface area contributed by atoms with Crippen LogP contribution in [-0.4, -0.2) is 45.3 Å². The number of hydrogen-bond acceptors (Lipinski definition) is 3. The van der Waals surface area contributed by atoms with Crippen molar-refractivity contribution < 1.29 is 0 Å². The number of aryl methyl sites for hydroxylation is 1. The fraction of sp³-hybridized carbons (Fsp3) is 0.812. The maximum atomic E-state index is 4.77. The van der Waals surface area contributed by atoms with E-state index in [0.717, 1.165) is 49.8 Å². The van der Waals surface area contributed by atoms with Gasteiger partial charge in [0.25, 0.3) is 0 Å². The first-order chi connectivity index (χ1) is 10.6. The van der Waals surface area contributed by atoms with Crippen molar-refractivity contribution in [2.24, 2.45) is 16.8 Å². The highest BCUT2D eigenvalue weighted by atomic mass is 15.3. The zero-order chi connectivity index (χ0) is 15.9. The molecule has 1 aliphatic heterocycles. The van der Waals surface area contributed by atoms with E-state index in [2.05, 4.69) is 48.1 Å². The van der Waals surface area contributed by atoms with E-state index in [0.29, 0.717) is 6.54 Å². The van der Waals surface area contributed by atoms with Crippen LogP contribution in [0, 0.1) is 11.8 Å². The zero-order valence-corrected chi connectivity index (χ0v) is 14.4. The second-order valence-electron chi connectivity index (χ2n) is 6.43. The lowest BCUT2D eigenvalue weighted by molar-refractivity contribution is 0.403. The summed E-state index contributed by atoms with van der Waals surface area (Å²) >= 11 is 0. The van der Waals surface area contributed by atoms with Gasteiger partial charge in [0.1, 0.15) is 12.9 Å². The monoisotopic (exact) mass is 306 g/mol. The summed E-state index contributed by atoms with van der Waals surface area (Å²) in [7, 11) is 0. The fourth-order valence-corrected chi connectivity index (χ4v) is 3.12. The second kappa shape index (κ2) is 8.15. The van der Waals surface area contributed by atoms with E-state index < -0.39 is 0 Å². The molecule has 2 rings (SSSR count). The van der Waals surface area contributed by atoms with Gasteiger partial charge >= 0.3 is 0 Å². The highest BCUT2D eigenvalue weighted by Crippen LogP contribution is 2.23. The lowest BCUT2D eigenvalue weighted by atomic mass is 9.97. The van der Waals surface area contributed by atoms with Gasteiger partial charge < -0.3 is 14.8 Å². The number of nitrogens with zero attached hydrogens (tertiary/aromatic N) is 5. The summed E-state index contributed by atoms with van der Waals surface area (Å²) in [5, 5.41) is 11.5. The van der Waals surface area contributed by atoms with Crippen molar-refractivity contribution in [3.63, 3.8) is 0 Å². The quantitative estimate of drug-likeness (QED) is 0.646. The van der Waals surface area contributed by atoms with Crippen molar-refractivity contribution in [2.45, 2.75) is 53.6 Å². The van der Waals surface area contributed by atoms with Gasteiger partial charge in [-0.05, 0) is 38.5 Å². The van der Waals surface area contributed by atoms with Gasteiger partial charge in [-0.3, -0.25) is 0 Å². The Labute approximate surface area is 134 Å². The highest BCUT2D eigenvalue weighted by Gasteiger charge is 2.25. The number of hydrogen-bond donors (Lipinski definition) is 1. The molecule has 1 N–H and O–H groups in total. The normalized spacial score (nSPS) is 19.2. The van der Waals surface area contributed by atoms with Crippen molar-refractivity contribution in [3.05, 3.63) is 12.2 Å². The third-order valence-corrected chi connectivity index (χ3v) is 4.13. The van der Waals surface area contributed by atoms with Gasteiger partial charge in [-0.1, -0.05) is 13.8 Å². The van der Waals surface area contributed by atoms with Crippen LogP contribution in [0.1, 0.15) is 46.4 Å². The van der Waals surface area contributed by atoms with Gasteiger partial charge in [0, 0.05) is 26.2 Å². The fourth-order valence-electron chi connectivity index (χ4n) is 3.12. The van der Waals surface area contributed by atoms with Crippen LogP contribution in [-0.2, 0) is 13.1 Å². The standard InChI is InChI=1S/C16H30N6/c1-5-17-16(18-10-15-20-19-12-21(15)6-2)22-8-7-14(11-22)9-13(3)4/h12-14H,5-11H2,1-4H3,(H,17,18). The molecule has 124 valence electrons. The Morgan fingerprint density at radius 3 is 2.95 bits per heavy atom. The van der Waals surface area contributed by atoms with Crippen LogP contribution in [0.4, 0.5) is 0 Å². The molecule has 0 saturated carbocycles. The summed E-state index contributed by atoms with van der Waals surface area (Å²) in [5.74, 6) is 3.51. The summed E-state index contributed by atoms with van der Waals surface area (Å²) in [6.45, 7) is 13.4. The Hall–Kier alpha value is -1.59. The Kier molecular flexibility index (Phi) is 6.21. The number of rotatable bonds is 6. The Morgan fingerprint density at radius 1 is 1.45 bits per heavy atom. The van der Waals surface area contributed by atoms with Gasteiger partial charge in [-0.25, -0.2) is 4.99 Å². The molecule has 6 heteroatoms. The predicted molar refractivity (Wildman–Crippen MR) is 89.6 cm³/mol. The average Bonchev–Trinajstić information content (AvgIpc) is 3.11. The molecule has 1 unspecified atom stereocenters. The number of aliphatic imine (C=N–C) groups is 1. The topological polar surface area (TPSA) is 58.3 Å². The van der Waals surface area contributed by atoms with Crippen molar-refractivity contribution in [1.82, 2.24) is 25.0 Å². The second-order valence-corrected chi connectivity index (χ2v) is 6.43. The summed E-state index contributed by atoms with van der Waals surface area (Å²) in [6, 6.07) is 0. The Morgan fingerprint density at radius 2 is 2.27 bits per heavy atom. The van der Waals surface area contributed by atoms with E-state index in [4.69, 9.17) is 4.99 Å². The smallest absolute Gasteiger partial charge is 0.194 e. The number of guanidine groups is 1. The predicted octanol–water partition coefficient (Wildman–Crippen LogP) is 2.13. The molecule has 0 aliphatic carbocycles. The lowest BCUT2D eigenvalue weighted by Gasteiger charge is -2.22. The summed E-state index contributed by atoms with van der Waals surface area (Å²) < 4.78 is 2.04. The minimum absolute atomic E-state index is 0.585. The van der Waals surface area contributed by atoms with Crippen molar-refractivity contribution >= 4 is 5.96 Å². The van der Waals surface area contributed by atoms with Crippen LogP contribution in [0.3, 0.4) is 0 Å². The maximum absolute atomic E-state index is 4.77. The van der Waals surface area contributed by atoms with Crippen LogP contribution in [0.25, 0.3) is 0 Å². The minimum atomic E-state index is 0.585. The van der Waals surface area contributed by atoms with Gasteiger partial charge in [-0.15, -0.1) is 10.2 Å². The Balaban J connectivity index is 1.99. The molecule has 0 spiro atoms. The molecular weight excluding hydrogens is 276 g/mol. The SMILES string of the molecule is CCNC(=NCc1nncn1CC)N1CCC(CC(C)C)C1. The molecule has 1 atom stereocenters. The molecular formula is C16H30N6. The van der Waals surface area contributed by atoms with Crippen LogP contribution in [0.5, 0.6) is 0 Å². The third-order valence-electron chi connectivity index (χ3n) is 4.13. The van der Waals surface area contributed by atoms with Crippen LogP contribution >= 0.6 is 0 Å². The van der Waals surface area contributed by atoms with Crippen LogP contribution in [0.15, 0.2) is 11.3 Å². The van der Waals surface area contributed by atoms with Crippen molar-refractivity contribution in [2.75, 3.05) is 19.6 Å². The third kappa shape index (κ3) is 4.45. The molecule has 0 radical (unpaired) electrons. The first kappa shape index (κ1) is 16.8.